The van der Waals surface area contributed by atoms with E-state index in [-0.39, 0.29) is 13.4 Å². The smallest absolute Gasteiger partial charge is 0.338 e. The lowest BCUT2D eigenvalue weighted by atomic mass is 10.2. The second-order valence-electron chi connectivity index (χ2n) is 2.96. The summed E-state index contributed by atoms with van der Waals surface area (Å²) < 4.78 is 15.2. The van der Waals surface area contributed by atoms with Crippen molar-refractivity contribution in [3.05, 3.63) is 36.4 Å². The van der Waals surface area contributed by atoms with Gasteiger partial charge in [0.05, 0.1) is 5.56 Å². The molecule has 0 radical (unpaired) electrons. The fraction of sp³-hybridized carbons (Fsp3) is 0.182. The van der Waals surface area contributed by atoms with E-state index in [1.807, 2.05) is 0 Å². The molecule has 0 aromatic heterocycles. The molecule has 0 unspecified atom stereocenters. The van der Waals surface area contributed by atoms with Crippen molar-refractivity contribution < 1.29 is 19.0 Å². The molecule has 0 aliphatic carbocycles. The third-order valence-electron chi connectivity index (χ3n) is 1.94. The first-order chi connectivity index (χ1) is 7.31. The van der Waals surface area contributed by atoms with Crippen LogP contribution in [0.2, 0.25) is 0 Å². The highest BCUT2D eigenvalue weighted by Gasteiger charge is 2.16. The fourth-order valence-corrected chi connectivity index (χ4v) is 1.24. The van der Waals surface area contributed by atoms with Crippen LogP contribution in [0.5, 0.6) is 11.5 Å². The Balaban J connectivity index is 2.15. The number of hydrogen-bond donors (Lipinski definition) is 0. The normalized spacial score (nSPS) is 12.3. The van der Waals surface area contributed by atoms with E-state index in [9.17, 15) is 4.79 Å². The Labute approximate surface area is 87.1 Å². The van der Waals surface area contributed by atoms with Gasteiger partial charge in [0.15, 0.2) is 11.5 Å². The Bertz CT molecular complexity index is 398. The van der Waals surface area contributed by atoms with E-state index in [1.165, 1.54) is 6.08 Å². The van der Waals surface area contributed by atoms with Crippen molar-refractivity contribution in [3.63, 3.8) is 0 Å². The van der Waals surface area contributed by atoms with Gasteiger partial charge in [-0.2, -0.15) is 0 Å². The second-order valence-corrected chi connectivity index (χ2v) is 2.96. The molecule has 15 heavy (non-hydrogen) atoms. The van der Waals surface area contributed by atoms with Gasteiger partial charge in [0.1, 0.15) is 6.61 Å². The summed E-state index contributed by atoms with van der Waals surface area (Å²) in [7, 11) is 0. The average molecular weight is 206 g/mol. The van der Waals surface area contributed by atoms with Crippen molar-refractivity contribution in [1.82, 2.24) is 0 Å². The van der Waals surface area contributed by atoms with Crippen molar-refractivity contribution >= 4 is 5.97 Å². The maximum atomic E-state index is 11.4. The molecule has 0 bridgehead atoms. The highest BCUT2D eigenvalue weighted by Crippen LogP contribution is 2.32. The molecular weight excluding hydrogens is 196 g/mol. The van der Waals surface area contributed by atoms with Crippen molar-refractivity contribution in [2.24, 2.45) is 0 Å². The summed E-state index contributed by atoms with van der Waals surface area (Å²) in [5.41, 5.74) is 0.445. The van der Waals surface area contributed by atoms with Gasteiger partial charge in [0, 0.05) is 0 Å². The largest absolute Gasteiger partial charge is 0.458 e. The minimum Gasteiger partial charge on any atom is -0.458 e. The molecule has 78 valence electrons. The predicted octanol–water partition coefficient (Wildman–Crippen LogP) is 1.76. The molecule has 4 heteroatoms. The molecule has 1 heterocycles. The van der Waals surface area contributed by atoms with Crippen LogP contribution in [-0.2, 0) is 4.74 Å². The molecule has 0 saturated heterocycles. The van der Waals surface area contributed by atoms with Crippen molar-refractivity contribution in [2.45, 2.75) is 0 Å². The number of esters is 1. The topological polar surface area (TPSA) is 44.8 Å². The van der Waals surface area contributed by atoms with Crippen LogP contribution in [-0.4, -0.2) is 19.4 Å². The van der Waals surface area contributed by atoms with Crippen molar-refractivity contribution in [1.29, 1.82) is 0 Å². The number of benzene rings is 1. The third kappa shape index (κ3) is 1.93. The predicted molar refractivity (Wildman–Crippen MR) is 53.0 cm³/mol. The van der Waals surface area contributed by atoms with Gasteiger partial charge >= 0.3 is 5.97 Å². The molecule has 1 aromatic carbocycles. The van der Waals surface area contributed by atoms with E-state index in [0.717, 1.165) is 0 Å². The van der Waals surface area contributed by atoms with Crippen LogP contribution in [0.15, 0.2) is 30.9 Å². The van der Waals surface area contributed by atoms with E-state index in [1.54, 1.807) is 18.2 Å². The number of carbonyl (C=O) groups excluding carboxylic acids is 1. The summed E-state index contributed by atoms with van der Waals surface area (Å²) in [6.45, 7) is 3.86. The van der Waals surface area contributed by atoms with Crippen LogP contribution >= 0.6 is 0 Å². The Morgan fingerprint density at radius 2 is 2.27 bits per heavy atom. The van der Waals surface area contributed by atoms with Crippen LogP contribution in [0.25, 0.3) is 0 Å². The van der Waals surface area contributed by atoms with Crippen LogP contribution < -0.4 is 9.47 Å². The van der Waals surface area contributed by atoms with Gasteiger partial charge in [0.2, 0.25) is 6.79 Å². The van der Waals surface area contributed by atoms with Gasteiger partial charge in [0.25, 0.3) is 0 Å². The minimum atomic E-state index is -0.395. The van der Waals surface area contributed by atoms with Crippen molar-refractivity contribution in [2.75, 3.05) is 13.4 Å². The zero-order chi connectivity index (χ0) is 10.7. The lowest BCUT2D eigenvalue weighted by molar-refractivity contribution is 0.0549. The van der Waals surface area contributed by atoms with Gasteiger partial charge in [-0.1, -0.05) is 12.7 Å². The first-order valence-corrected chi connectivity index (χ1v) is 4.49. The summed E-state index contributed by atoms with van der Waals surface area (Å²) in [4.78, 5) is 11.4. The fourth-order valence-electron chi connectivity index (χ4n) is 1.24. The molecule has 0 spiro atoms. The number of carbonyl (C=O) groups is 1. The number of fused-ring (bicyclic) bond motifs is 1. The van der Waals surface area contributed by atoms with E-state index < -0.39 is 5.97 Å². The highest BCUT2D eigenvalue weighted by molar-refractivity contribution is 5.90. The standard InChI is InChI=1S/C11H10O4/c1-2-5-13-11(12)8-3-4-9-10(6-8)15-7-14-9/h2-4,6H,1,5,7H2. The number of rotatable bonds is 3. The monoisotopic (exact) mass is 206 g/mol. The molecule has 1 aliphatic heterocycles. The maximum absolute atomic E-state index is 11.4. The molecule has 0 atom stereocenters. The van der Waals surface area contributed by atoms with E-state index in [2.05, 4.69) is 6.58 Å². The molecule has 0 amide bonds. The summed E-state index contributed by atoms with van der Waals surface area (Å²) in [5, 5.41) is 0. The molecular formula is C11H10O4. The quantitative estimate of drug-likeness (QED) is 0.558. The summed E-state index contributed by atoms with van der Waals surface area (Å²) in [6, 6.07) is 4.93. The first kappa shape index (κ1) is 9.58. The molecule has 0 fully saturated rings. The Hall–Kier alpha value is -1.97. The zero-order valence-electron chi connectivity index (χ0n) is 8.06. The summed E-state index contributed by atoms with van der Waals surface area (Å²) >= 11 is 0. The second kappa shape index (κ2) is 4.04. The van der Waals surface area contributed by atoms with E-state index in [0.29, 0.717) is 17.1 Å². The van der Waals surface area contributed by atoms with Crippen LogP contribution in [0.1, 0.15) is 10.4 Å². The van der Waals surface area contributed by atoms with Crippen LogP contribution in [0, 0.1) is 0 Å². The Morgan fingerprint density at radius 3 is 3.07 bits per heavy atom. The molecule has 0 saturated carbocycles. The lowest BCUT2D eigenvalue weighted by Gasteiger charge is -2.02. The summed E-state index contributed by atoms with van der Waals surface area (Å²) in [5.74, 6) is 0.825. The van der Waals surface area contributed by atoms with Crippen LogP contribution in [0.4, 0.5) is 0 Å². The number of ether oxygens (including phenoxy) is 3. The molecule has 1 aromatic rings. The summed E-state index contributed by atoms with van der Waals surface area (Å²) in [6.07, 6.45) is 1.52. The van der Waals surface area contributed by atoms with Crippen LogP contribution in [0.3, 0.4) is 0 Å². The SMILES string of the molecule is C=CCOC(=O)c1ccc2c(c1)OCO2. The Morgan fingerprint density at radius 1 is 1.47 bits per heavy atom. The molecule has 0 N–H and O–H groups in total. The third-order valence-corrected chi connectivity index (χ3v) is 1.94. The Kier molecular flexibility index (Phi) is 2.58. The van der Waals surface area contributed by atoms with E-state index in [4.69, 9.17) is 14.2 Å². The van der Waals surface area contributed by atoms with Gasteiger partial charge < -0.3 is 14.2 Å². The highest BCUT2D eigenvalue weighted by atomic mass is 16.7. The zero-order valence-corrected chi connectivity index (χ0v) is 8.06. The average Bonchev–Trinajstić information content (AvgIpc) is 2.72. The lowest BCUT2D eigenvalue weighted by Crippen LogP contribution is -2.04. The van der Waals surface area contributed by atoms with E-state index >= 15 is 0 Å². The molecule has 2 rings (SSSR count). The first-order valence-electron chi connectivity index (χ1n) is 4.49. The molecule has 1 aliphatic rings. The van der Waals surface area contributed by atoms with Gasteiger partial charge in [-0.15, -0.1) is 0 Å². The van der Waals surface area contributed by atoms with Gasteiger partial charge in [-0.3, -0.25) is 0 Å². The number of hydrogen-bond acceptors (Lipinski definition) is 4. The molecule has 4 nitrogen and oxygen atoms in total. The maximum Gasteiger partial charge on any atom is 0.338 e. The van der Waals surface area contributed by atoms with Crippen molar-refractivity contribution in [3.8, 4) is 11.5 Å². The minimum absolute atomic E-state index is 0.195. The van der Waals surface area contributed by atoms with Gasteiger partial charge in [-0.25, -0.2) is 4.79 Å². The van der Waals surface area contributed by atoms with Gasteiger partial charge in [-0.05, 0) is 18.2 Å².